The Balaban J connectivity index is 1.90. The number of nitrogens with one attached hydrogen (secondary N) is 1. The van der Waals surface area contributed by atoms with Crippen LogP contribution in [0.5, 0.6) is 0 Å². The highest BCUT2D eigenvalue weighted by Gasteiger charge is 2.17. The summed E-state index contributed by atoms with van der Waals surface area (Å²) >= 11 is 0.955. The minimum Gasteiger partial charge on any atom is -0.267 e. The van der Waals surface area contributed by atoms with Crippen molar-refractivity contribution in [3.8, 4) is 0 Å². The quantitative estimate of drug-likeness (QED) is 0.592. The first kappa shape index (κ1) is 15.3. The van der Waals surface area contributed by atoms with E-state index >= 15 is 0 Å². The molecule has 3 aromatic rings. The van der Waals surface area contributed by atoms with Crippen LogP contribution in [0.25, 0.3) is 11.0 Å². The van der Waals surface area contributed by atoms with Gasteiger partial charge in [0.25, 0.3) is 5.91 Å². The smallest absolute Gasteiger partial charge is 0.267 e. The zero-order valence-corrected chi connectivity index (χ0v) is 13.6. The van der Waals surface area contributed by atoms with Crippen LogP contribution < -0.4 is 5.43 Å². The number of aromatic nitrogens is 3. The molecule has 0 bridgehead atoms. The van der Waals surface area contributed by atoms with Gasteiger partial charge in [-0.15, -0.1) is 11.3 Å². The van der Waals surface area contributed by atoms with Crippen molar-refractivity contribution in [1.82, 2.24) is 20.2 Å². The van der Waals surface area contributed by atoms with E-state index in [0.29, 0.717) is 21.5 Å². The van der Waals surface area contributed by atoms with E-state index in [0.717, 1.165) is 22.7 Å². The normalized spacial score (nSPS) is 11.5. The van der Waals surface area contributed by atoms with Crippen molar-refractivity contribution in [2.24, 2.45) is 12.1 Å². The van der Waals surface area contributed by atoms with Gasteiger partial charge in [0.15, 0.2) is 10.8 Å². The van der Waals surface area contributed by atoms with Crippen molar-refractivity contribution in [2.45, 2.75) is 13.8 Å². The van der Waals surface area contributed by atoms with Gasteiger partial charge in [-0.25, -0.2) is 10.4 Å². The number of fused-ring (bicyclic) bond motifs is 1. The summed E-state index contributed by atoms with van der Waals surface area (Å²) < 4.78 is 14.5. The summed E-state index contributed by atoms with van der Waals surface area (Å²) in [6.45, 7) is 3.64. The number of carbonyl (C=O) groups excluding carboxylic acids is 1. The fourth-order valence-electron chi connectivity index (χ4n) is 2.36. The summed E-state index contributed by atoms with van der Waals surface area (Å²) in [4.78, 5) is 17.4. The Labute approximate surface area is 135 Å². The van der Waals surface area contributed by atoms with Crippen LogP contribution in [-0.4, -0.2) is 26.9 Å². The number of thiophene rings is 1. The number of hydrazone groups is 1. The molecule has 0 aliphatic carbocycles. The van der Waals surface area contributed by atoms with E-state index < -0.39 is 0 Å². The zero-order chi connectivity index (χ0) is 16.6. The van der Waals surface area contributed by atoms with Crippen molar-refractivity contribution < 1.29 is 9.18 Å². The van der Waals surface area contributed by atoms with Crippen LogP contribution in [-0.2, 0) is 7.05 Å². The SMILES string of the molecule is Cc1cc(C(=O)NN=Cc2ccc(F)s2)c2c(C)nn(C)c2n1. The van der Waals surface area contributed by atoms with E-state index in [2.05, 4.69) is 20.6 Å². The first-order chi connectivity index (χ1) is 11.0. The molecule has 0 saturated carbocycles. The van der Waals surface area contributed by atoms with Gasteiger partial charge in [-0.1, -0.05) is 0 Å². The van der Waals surface area contributed by atoms with Crippen LogP contribution in [0.2, 0.25) is 0 Å². The standard InChI is InChI=1S/C15H14FN5OS/c1-8-6-11(13-9(2)20-21(3)14(13)18-8)15(22)19-17-7-10-4-5-12(16)23-10/h4-7H,1-3H3,(H,19,22). The molecule has 8 heteroatoms. The molecule has 1 amide bonds. The van der Waals surface area contributed by atoms with Crippen LogP contribution in [0.4, 0.5) is 4.39 Å². The first-order valence-corrected chi connectivity index (χ1v) is 7.67. The van der Waals surface area contributed by atoms with Gasteiger partial charge in [-0.05, 0) is 32.0 Å². The largest absolute Gasteiger partial charge is 0.272 e. The van der Waals surface area contributed by atoms with Gasteiger partial charge in [0.1, 0.15) is 0 Å². The Morgan fingerprint density at radius 3 is 2.91 bits per heavy atom. The summed E-state index contributed by atoms with van der Waals surface area (Å²) in [6, 6.07) is 4.64. The van der Waals surface area contributed by atoms with E-state index in [4.69, 9.17) is 0 Å². The predicted molar refractivity (Wildman–Crippen MR) is 87.3 cm³/mol. The van der Waals surface area contributed by atoms with E-state index in [-0.39, 0.29) is 11.0 Å². The first-order valence-electron chi connectivity index (χ1n) is 6.85. The maximum atomic E-state index is 12.9. The minimum atomic E-state index is -0.357. The molecule has 0 spiro atoms. The molecule has 0 aromatic carbocycles. The predicted octanol–water partition coefficient (Wildman–Crippen LogP) is 2.55. The summed E-state index contributed by atoms with van der Waals surface area (Å²) in [6.07, 6.45) is 1.41. The molecule has 3 aromatic heterocycles. The Hall–Kier alpha value is -2.61. The van der Waals surface area contributed by atoms with E-state index in [9.17, 15) is 9.18 Å². The molecule has 0 aliphatic rings. The maximum Gasteiger partial charge on any atom is 0.272 e. The summed E-state index contributed by atoms with van der Waals surface area (Å²) in [5, 5.41) is 8.58. The van der Waals surface area contributed by atoms with Gasteiger partial charge < -0.3 is 0 Å². The monoisotopic (exact) mass is 331 g/mol. The summed E-state index contributed by atoms with van der Waals surface area (Å²) in [7, 11) is 1.78. The lowest BCUT2D eigenvalue weighted by Crippen LogP contribution is -2.18. The third-order valence-electron chi connectivity index (χ3n) is 3.29. The highest BCUT2D eigenvalue weighted by atomic mass is 32.1. The molecule has 0 aliphatic heterocycles. The lowest BCUT2D eigenvalue weighted by atomic mass is 10.1. The minimum absolute atomic E-state index is 0.296. The highest BCUT2D eigenvalue weighted by molar-refractivity contribution is 7.12. The van der Waals surface area contributed by atoms with Gasteiger partial charge in [0, 0.05) is 12.7 Å². The van der Waals surface area contributed by atoms with Gasteiger partial charge in [-0.3, -0.25) is 9.48 Å². The van der Waals surface area contributed by atoms with Crippen molar-refractivity contribution >= 4 is 34.5 Å². The van der Waals surface area contributed by atoms with Crippen molar-refractivity contribution in [1.29, 1.82) is 0 Å². The number of carbonyl (C=O) groups is 1. The molecule has 6 nitrogen and oxygen atoms in total. The summed E-state index contributed by atoms with van der Waals surface area (Å²) in [5.74, 6) is -0.357. The lowest BCUT2D eigenvalue weighted by molar-refractivity contribution is 0.0956. The zero-order valence-electron chi connectivity index (χ0n) is 12.8. The number of pyridine rings is 1. The Morgan fingerprint density at radius 2 is 2.22 bits per heavy atom. The molecular weight excluding hydrogens is 317 g/mol. The van der Waals surface area contributed by atoms with E-state index in [1.165, 1.54) is 12.3 Å². The molecule has 0 fully saturated rings. The molecule has 0 unspecified atom stereocenters. The van der Waals surface area contributed by atoms with Crippen LogP contribution in [0.3, 0.4) is 0 Å². The fraction of sp³-hybridized carbons (Fsp3) is 0.200. The number of hydrogen-bond acceptors (Lipinski definition) is 5. The Morgan fingerprint density at radius 1 is 1.43 bits per heavy atom. The van der Waals surface area contributed by atoms with Gasteiger partial charge in [0.2, 0.25) is 0 Å². The topological polar surface area (TPSA) is 72.2 Å². The molecule has 118 valence electrons. The third kappa shape index (κ3) is 2.98. The van der Waals surface area contributed by atoms with Crippen LogP contribution in [0.15, 0.2) is 23.3 Å². The van der Waals surface area contributed by atoms with Crippen molar-refractivity contribution in [3.63, 3.8) is 0 Å². The highest BCUT2D eigenvalue weighted by Crippen LogP contribution is 2.21. The third-order valence-corrected chi connectivity index (χ3v) is 4.10. The molecule has 3 rings (SSSR count). The van der Waals surface area contributed by atoms with Crippen LogP contribution in [0, 0.1) is 19.0 Å². The number of amides is 1. The number of rotatable bonds is 3. The average molecular weight is 331 g/mol. The second-order valence-corrected chi connectivity index (χ2v) is 6.13. The van der Waals surface area contributed by atoms with Crippen LogP contribution in [0.1, 0.15) is 26.6 Å². The molecular formula is C15H14FN5OS. The van der Waals surface area contributed by atoms with Crippen molar-refractivity contribution in [3.05, 3.63) is 45.2 Å². The Bertz CT molecular complexity index is 927. The van der Waals surface area contributed by atoms with E-state index in [1.807, 2.05) is 13.8 Å². The lowest BCUT2D eigenvalue weighted by Gasteiger charge is -2.04. The summed E-state index contributed by atoms with van der Waals surface area (Å²) in [5.41, 5.74) is 5.02. The number of nitrogens with zero attached hydrogens (tertiary/aromatic N) is 4. The van der Waals surface area contributed by atoms with Gasteiger partial charge in [-0.2, -0.15) is 14.6 Å². The molecule has 0 saturated heterocycles. The second kappa shape index (κ2) is 5.88. The van der Waals surface area contributed by atoms with Crippen molar-refractivity contribution in [2.75, 3.05) is 0 Å². The number of aryl methyl sites for hydroxylation is 3. The molecule has 1 N–H and O–H groups in total. The fourth-order valence-corrected chi connectivity index (χ4v) is 2.96. The molecule has 3 heterocycles. The molecule has 0 atom stereocenters. The molecule has 0 radical (unpaired) electrons. The van der Waals surface area contributed by atoms with Crippen LogP contribution >= 0.6 is 11.3 Å². The number of halogens is 1. The van der Waals surface area contributed by atoms with Gasteiger partial charge in [0.05, 0.1) is 27.7 Å². The second-order valence-electron chi connectivity index (χ2n) is 5.06. The Kier molecular flexibility index (Phi) is 3.91. The van der Waals surface area contributed by atoms with Gasteiger partial charge >= 0.3 is 0 Å². The molecule has 23 heavy (non-hydrogen) atoms. The van der Waals surface area contributed by atoms with E-state index in [1.54, 1.807) is 23.9 Å². The average Bonchev–Trinajstić information content (AvgIpc) is 3.02. The maximum absolute atomic E-state index is 12.9. The number of hydrogen-bond donors (Lipinski definition) is 1.